The number of aliphatic hydroxyl groups is 1. The summed E-state index contributed by atoms with van der Waals surface area (Å²) in [7, 11) is -3.43. The third-order valence-electron chi connectivity index (χ3n) is 3.50. The summed E-state index contributed by atoms with van der Waals surface area (Å²) in [5.41, 5.74) is 0.937. The van der Waals surface area contributed by atoms with Crippen molar-refractivity contribution in [2.75, 3.05) is 6.54 Å². The van der Waals surface area contributed by atoms with E-state index in [4.69, 9.17) is 0 Å². The summed E-state index contributed by atoms with van der Waals surface area (Å²) in [5, 5.41) is 9.85. The van der Waals surface area contributed by atoms with Gasteiger partial charge in [0.1, 0.15) is 0 Å². The average molecular weight is 283 g/mol. The van der Waals surface area contributed by atoms with E-state index in [1.807, 2.05) is 30.3 Å². The predicted molar refractivity (Wildman–Crippen MR) is 75.2 cm³/mol. The molecule has 1 aliphatic heterocycles. The summed E-state index contributed by atoms with van der Waals surface area (Å²) in [5.74, 6) is 0. The van der Waals surface area contributed by atoms with Crippen LogP contribution in [0.5, 0.6) is 0 Å². The normalized spacial score (nSPS) is 25.7. The monoisotopic (exact) mass is 283 g/mol. The molecular formula is C14H21NO3S. The first-order valence-corrected chi connectivity index (χ1v) is 7.92. The lowest BCUT2D eigenvalue weighted by molar-refractivity contribution is 0.188. The van der Waals surface area contributed by atoms with Crippen LogP contribution < -0.4 is 0 Å². The van der Waals surface area contributed by atoms with Gasteiger partial charge in [0.25, 0.3) is 0 Å². The minimum atomic E-state index is -3.43. The molecule has 2 atom stereocenters. The highest BCUT2D eigenvalue weighted by atomic mass is 32.2. The lowest BCUT2D eigenvalue weighted by Crippen LogP contribution is -2.43. The number of benzene rings is 1. The topological polar surface area (TPSA) is 57.6 Å². The summed E-state index contributed by atoms with van der Waals surface area (Å²) < 4.78 is 25.8. The first kappa shape index (κ1) is 14.5. The van der Waals surface area contributed by atoms with E-state index in [0.717, 1.165) is 5.56 Å². The minimum Gasteiger partial charge on any atom is -0.392 e. The predicted octanol–water partition coefficient (Wildman–Crippen LogP) is 1.92. The van der Waals surface area contributed by atoms with E-state index >= 15 is 0 Å². The lowest BCUT2D eigenvalue weighted by atomic mass is 10.1. The van der Waals surface area contributed by atoms with Crippen molar-refractivity contribution in [2.24, 2.45) is 0 Å². The van der Waals surface area contributed by atoms with Crippen molar-refractivity contribution in [3.05, 3.63) is 35.9 Å². The molecule has 1 heterocycles. The number of aliphatic hydroxyl groups excluding tert-OH is 1. The largest absolute Gasteiger partial charge is 0.392 e. The Hall–Kier alpha value is -0.910. The first-order valence-electron chi connectivity index (χ1n) is 6.48. The van der Waals surface area contributed by atoms with Gasteiger partial charge in [-0.05, 0) is 32.8 Å². The van der Waals surface area contributed by atoms with Crippen LogP contribution in [0.1, 0.15) is 38.8 Å². The van der Waals surface area contributed by atoms with Crippen LogP contribution in [0.3, 0.4) is 0 Å². The van der Waals surface area contributed by atoms with Gasteiger partial charge < -0.3 is 5.11 Å². The van der Waals surface area contributed by atoms with Crippen LogP contribution in [0, 0.1) is 0 Å². The Labute approximate surface area is 115 Å². The average Bonchev–Trinajstić information content (AvgIpc) is 2.71. The van der Waals surface area contributed by atoms with Gasteiger partial charge in [-0.3, -0.25) is 0 Å². The van der Waals surface area contributed by atoms with Gasteiger partial charge in [0, 0.05) is 6.54 Å². The Morgan fingerprint density at radius 2 is 1.79 bits per heavy atom. The second-order valence-corrected chi connectivity index (χ2v) is 8.65. The molecule has 19 heavy (non-hydrogen) atoms. The smallest absolute Gasteiger partial charge is 0.219 e. The van der Waals surface area contributed by atoms with Gasteiger partial charge in [0.15, 0.2) is 0 Å². The van der Waals surface area contributed by atoms with Crippen molar-refractivity contribution in [3.63, 3.8) is 0 Å². The van der Waals surface area contributed by atoms with Crippen molar-refractivity contribution >= 4 is 10.0 Å². The molecule has 1 aromatic rings. The molecule has 0 aromatic heterocycles. The molecule has 0 saturated carbocycles. The molecule has 1 saturated heterocycles. The highest BCUT2D eigenvalue weighted by Crippen LogP contribution is 2.37. The first-order chi connectivity index (χ1) is 8.73. The SMILES string of the molecule is CC(C)(C)S(=O)(=O)N1C[C@@H](O)C[C@H]1c1ccccc1. The maximum atomic E-state index is 12.6. The Bertz CT molecular complexity index is 534. The van der Waals surface area contributed by atoms with Gasteiger partial charge in [-0.25, -0.2) is 8.42 Å². The fourth-order valence-electron chi connectivity index (χ4n) is 2.38. The van der Waals surface area contributed by atoms with Crippen LogP contribution in [0.4, 0.5) is 0 Å². The van der Waals surface area contributed by atoms with E-state index < -0.39 is 20.9 Å². The summed E-state index contributed by atoms with van der Waals surface area (Å²) in [6.07, 6.45) is -0.137. The quantitative estimate of drug-likeness (QED) is 0.902. The highest BCUT2D eigenvalue weighted by Gasteiger charge is 2.44. The molecule has 4 nitrogen and oxygen atoms in total. The summed E-state index contributed by atoms with van der Waals surface area (Å²) in [6.45, 7) is 5.25. The van der Waals surface area contributed by atoms with E-state index in [9.17, 15) is 13.5 Å². The van der Waals surface area contributed by atoms with Crippen LogP contribution in [-0.4, -0.2) is 35.2 Å². The summed E-state index contributed by atoms with van der Waals surface area (Å²) in [6, 6.07) is 9.24. The maximum absolute atomic E-state index is 12.6. The Balaban J connectivity index is 2.40. The molecule has 0 bridgehead atoms. The van der Waals surface area contributed by atoms with Crippen LogP contribution >= 0.6 is 0 Å². The molecule has 0 amide bonds. The fraction of sp³-hybridized carbons (Fsp3) is 0.571. The van der Waals surface area contributed by atoms with Crippen molar-refractivity contribution in [3.8, 4) is 0 Å². The molecule has 1 aliphatic rings. The van der Waals surface area contributed by atoms with Crippen molar-refractivity contribution in [2.45, 2.75) is 44.1 Å². The molecule has 106 valence electrons. The molecule has 0 radical (unpaired) electrons. The van der Waals surface area contributed by atoms with Crippen LogP contribution in [0.2, 0.25) is 0 Å². The van der Waals surface area contributed by atoms with E-state index in [-0.39, 0.29) is 12.6 Å². The number of nitrogens with zero attached hydrogens (tertiary/aromatic N) is 1. The molecule has 2 rings (SSSR count). The van der Waals surface area contributed by atoms with Crippen LogP contribution in [0.15, 0.2) is 30.3 Å². The molecule has 1 N–H and O–H groups in total. The van der Waals surface area contributed by atoms with Crippen molar-refractivity contribution in [1.82, 2.24) is 4.31 Å². The van der Waals surface area contributed by atoms with E-state index in [0.29, 0.717) is 6.42 Å². The summed E-state index contributed by atoms with van der Waals surface area (Å²) >= 11 is 0. The molecule has 0 spiro atoms. The second-order valence-electron chi connectivity index (χ2n) is 6.00. The number of hydrogen-bond donors (Lipinski definition) is 1. The van der Waals surface area contributed by atoms with E-state index in [1.54, 1.807) is 20.8 Å². The van der Waals surface area contributed by atoms with Crippen LogP contribution in [0.25, 0.3) is 0 Å². The van der Waals surface area contributed by atoms with Gasteiger partial charge in [-0.2, -0.15) is 4.31 Å². The van der Waals surface area contributed by atoms with Crippen molar-refractivity contribution in [1.29, 1.82) is 0 Å². The zero-order chi connectivity index (χ0) is 14.3. The number of hydrogen-bond acceptors (Lipinski definition) is 3. The van der Waals surface area contributed by atoms with Gasteiger partial charge in [-0.15, -0.1) is 0 Å². The van der Waals surface area contributed by atoms with E-state index in [1.165, 1.54) is 4.31 Å². The van der Waals surface area contributed by atoms with Gasteiger partial charge in [0.2, 0.25) is 10.0 Å². The van der Waals surface area contributed by atoms with Gasteiger partial charge in [-0.1, -0.05) is 30.3 Å². The molecular weight excluding hydrogens is 262 g/mol. The van der Waals surface area contributed by atoms with Gasteiger partial charge >= 0.3 is 0 Å². The third kappa shape index (κ3) is 2.68. The Kier molecular flexibility index (Phi) is 3.73. The Morgan fingerprint density at radius 3 is 2.32 bits per heavy atom. The summed E-state index contributed by atoms with van der Waals surface area (Å²) in [4.78, 5) is 0. The molecule has 1 aromatic carbocycles. The lowest BCUT2D eigenvalue weighted by Gasteiger charge is -2.31. The third-order valence-corrected chi connectivity index (χ3v) is 6.07. The van der Waals surface area contributed by atoms with Crippen LogP contribution in [-0.2, 0) is 10.0 Å². The van der Waals surface area contributed by atoms with Gasteiger partial charge in [0.05, 0.1) is 16.9 Å². The number of rotatable bonds is 2. The fourth-order valence-corrected chi connectivity index (χ4v) is 3.99. The highest BCUT2D eigenvalue weighted by molar-refractivity contribution is 7.90. The number of β-amino-alcohol motifs (C(OH)–C–C–N with tert-alkyl or cyclic N) is 1. The second kappa shape index (κ2) is 4.89. The zero-order valence-electron chi connectivity index (χ0n) is 11.6. The van der Waals surface area contributed by atoms with Crippen molar-refractivity contribution < 1.29 is 13.5 Å². The van der Waals surface area contributed by atoms with E-state index in [2.05, 4.69) is 0 Å². The standard InChI is InChI=1S/C14H21NO3S/c1-14(2,3)19(17,18)15-10-12(16)9-13(15)11-7-5-4-6-8-11/h4-8,12-13,16H,9-10H2,1-3H3/t12-,13-/m0/s1. The minimum absolute atomic E-state index is 0.180. The molecule has 5 heteroatoms. The number of sulfonamides is 1. The zero-order valence-corrected chi connectivity index (χ0v) is 12.4. The molecule has 1 fully saturated rings. The molecule has 0 aliphatic carbocycles. The molecule has 0 unspecified atom stereocenters. The maximum Gasteiger partial charge on any atom is 0.219 e. The Morgan fingerprint density at radius 1 is 1.21 bits per heavy atom.